The summed E-state index contributed by atoms with van der Waals surface area (Å²) in [7, 11) is 0. The fraction of sp³-hybridized carbons (Fsp3) is 0.389. The topological polar surface area (TPSA) is 26.4 Å². The van der Waals surface area contributed by atoms with Crippen LogP contribution in [0.1, 0.15) is 23.6 Å². The number of piperidine rings is 1. The molecule has 1 aromatic heterocycles. The Hall–Kier alpha value is -1.29. The van der Waals surface area contributed by atoms with Crippen LogP contribution in [0, 0.1) is 5.92 Å². The summed E-state index contributed by atoms with van der Waals surface area (Å²) in [4.78, 5) is 13.6. The lowest BCUT2D eigenvalue weighted by Crippen LogP contribution is -3.13. The number of nitrogens with one attached hydrogen (secondary N) is 1. The van der Waals surface area contributed by atoms with Gasteiger partial charge < -0.3 is 9.47 Å². The summed E-state index contributed by atoms with van der Waals surface area (Å²) in [5, 5.41) is 1.30. The zero-order valence-corrected chi connectivity index (χ0v) is 14.3. The Morgan fingerprint density at radius 2 is 1.96 bits per heavy atom. The van der Waals surface area contributed by atoms with Gasteiger partial charge in [-0.2, -0.15) is 0 Å². The minimum absolute atomic E-state index is 0.138. The first-order valence-corrected chi connectivity index (χ1v) is 8.83. The lowest BCUT2D eigenvalue weighted by molar-refractivity contribution is -0.924. The number of likely N-dealkylation sites (tertiary alicyclic amines) is 1. The van der Waals surface area contributed by atoms with E-state index in [9.17, 15) is 4.79 Å². The molecule has 120 valence electrons. The third kappa shape index (κ3) is 2.82. The Kier molecular flexibility index (Phi) is 3.96. The van der Waals surface area contributed by atoms with E-state index < -0.39 is 0 Å². The predicted octanol–water partition coefficient (Wildman–Crippen LogP) is 2.36. The van der Waals surface area contributed by atoms with E-state index in [4.69, 9.17) is 23.2 Å². The van der Waals surface area contributed by atoms with Gasteiger partial charge in [-0.15, -0.1) is 0 Å². The van der Waals surface area contributed by atoms with Crippen LogP contribution in [-0.2, 0) is 13.1 Å². The minimum Gasteiger partial charge on any atom is -0.330 e. The molecule has 2 bridgehead atoms. The van der Waals surface area contributed by atoms with Gasteiger partial charge in [-0.3, -0.25) is 4.79 Å². The molecule has 4 rings (SSSR count). The first-order valence-electron chi connectivity index (χ1n) is 8.08. The van der Waals surface area contributed by atoms with Crippen LogP contribution >= 0.6 is 23.2 Å². The molecule has 0 saturated carbocycles. The van der Waals surface area contributed by atoms with Crippen molar-refractivity contribution in [3.05, 3.63) is 68.1 Å². The van der Waals surface area contributed by atoms with Crippen LogP contribution < -0.4 is 10.5 Å². The molecule has 3 heterocycles. The number of quaternary nitrogens is 1. The zero-order valence-electron chi connectivity index (χ0n) is 12.8. The standard InChI is InChI=1S/C18H18Cl2N2O/c19-15-4-1-3-13(18(15)20)10-21-8-12-7-14(11-21)16-5-2-6-17(23)22(16)9-12/h1-6,12,14H,7-11H2/p+1/t12-,14+/m1/s1. The summed E-state index contributed by atoms with van der Waals surface area (Å²) in [6, 6.07) is 11.5. The van der Waals surface area contributed by atoms with Crippen molar-refractivity contribution in [1.29, 1.82) is 0 Å². The van der Waals surface area contributed by atoms with Gasteiger partial charge in [-0.25, -0.2) is 0 Å². The number of nitrogens with zero attached hydrogens (tertiary/aromatic N) is 1. The largest absolute Gasteiger partial charge is 0.330 e. The molecular weight excluding hydrogens is 331 g/mol. The Balaban J connectivity index is 1.59. The number of aromatic nitrogens is 1. The summed E-state index contributed by atoms with van der Waals surface area (Å²) in [5.41, 5.74) is 2.45. The highest BCUT2D eigenvalue weighted by atomic mass is 35.5. The Labute approximate surface area is 145 Å². The molecule has 3 atom stereocenters. The molecule has 2 aromatic rings. The molecule has 0 spiro atoms. The molecule has 0 amide bonds. The Morgan fingerprint density at radius 1 is 1.13 bits per heavy atom. The second-order valence-electron chi connectivity index (χ2n) is 6.75. The monoisotopic (exact) mass is 349 g/mol. The van der Waals surface area contributed by atoms with Gasteiger partial charge in [-0.1, -0.05) is 41.4 Å². The number of fused-ring (bicyclic) bond motifs is 4. The summed E-state index contributed by atoms with van der Waals surface area (Å²) < 4.78 is 1.97. The van der Waals surface area contributed by atoms with Crippen LogP contribution in [0.3, 0.4) is 0 Å². The van der Waals surface area contributed by atoms with Crippen molar-refractivity contribution in [3.8, 4) is 0 Å². The van der Waals surface area contributed by atoms with Crippen molar-refractivity contribution in [2.24, 2.45) is 5.92 Å². The van der Waals surface area contributed by atoms with E-state index in [0.717, 1.165) is 31.7 Å². The number of pyridine rings is 1. The van der Waals surface area contributed by atoms with Crippen molar-refractivity contribution < 1.29 is 4.90 Å². The SMILES string of the molecule is O=c1cccc2n1C[C@@H]1C[C@H]2C[NH+](Cc2cccc(Cl)c2Cl)C1. The quantitative estimate of drug-likeness (QED) is 0.884. The zero-order chi connectivity index (χ0) is 16.0. The number of halogens is 2. The molecule has 0 radical (unpaired) electrons. The Bertz CT molecular complexity index is 802. The highest BCUT2D eigenvalue weighted by molar-refractivity contribution is 6.42. The van der Waals surface area contributed by atoms with Gasteiger partial charge in [-0.05, 0) is 18.6 Å². The van der Waals surface area contributed by atoms with Gasteiger partial charge >= 0.3 is 0 Å². The third-order valence-corrected chi connectivity index (χ3v) is 6.00. The number of hydrogen-bond acceptors (Lipinski definition) is 1. The maximum atomic E-state index is 12.1. The molecular formula is C18H19Cl2N2O+. The molecule has 2 aliphatic rings. The van der Waals surface area contributed by atoms with Gasteiger partial charge in [0.2, 0.25) is 0 Å². The van der Waals surface area contributed by atoms with Gasteiger partial charge in [0.15, 0.2) is 0 Å². The molecule has 1 unspecified atom stereocenters. The number of hydrogen-bond donors (Lipinski definition) is 1. The lowest BCUT2D eigenvalue weighted by atomic mass is 9.83. The van der Waals surface area contributed by atoms with Crippen LogP contribution in [0.5, 0.6) is 0 Å². The average Bonchev–Trinajstić information content (AvgIpc) is 2.53. The molecule has 3 nitrogen and oxygen atoms in total. The molecule has 1 saturated heterocycles. The molecule has 5 heteroatoms. The van der Waals surface area contributed by atoms with E-state index in [1.807, 2.05) is 22.8 Å². The van der Waals surface area contributed by atoms with Crippen LogP contribution in [0.15, 0.2) is 41.2 Å². The lowest BCUT2D eigenvalue weighted by Gasteiger charge is -2.40. The highest BCUT2D eigenvalue weighted by Gasteiger charge is 2.37. The van der Waals surface area contributed by atoms with E-state index in [1.54, 1.807) is 6.07 Å². The fourth-order valence-corrected chi connectivity index (χ4v) is 4.61. The molecule has 2 aliphatic heterocycles. The van der Waals surface area contributed by atoms with E-state index in [-0.39, 0.29) is 5.56 Å². The fourth-order valence-electron chi connectivity index (χ4n) is 4.22. The number of benzene rings is 1. The van der Waals surface area contributed by atoms with E-state index in [2.05, 4.69) is 12.1 Å². The van der Waals surface area contributed by atoms with Gasteiger partial charge in [0.05, 0.1) is 23.1 Å². The molecule has 23 heavy (non-hydrogen) atoms. The molecule has 1 fully saturated rings. The molecule has 1 N–H and O–H groups in total. The molecule has 1 aromatic carbocycles. The summed E-state index contributed by atoms with van der Waals surface area (Å²) >= 11 is 12.5. The first-order chi connectivity index (χ1) is 11.1. The van der Waals surface area contributed by atoms with Gasteiger partial charge in [0.25, 0.3) is 5.56 Å². The second-order valence-corrected chi connectivity index (χ2v) is 7.53. The van der Waals surface area contributed by atoms with Crippen LogP contribution in [0.2, 0.25) is 10.0 Å². The maximum absolute atomic E-state index is 12.1. The van der Waals surface area contributed by atoms with Crippen molar-refractivity contribution in [3.63, 3.8) is 0 Å². The van der Waals surface area contributed by atoms with Crippen molar-refractivity contribution in [2.45, 2.75) is 25.4 Å². The summed E-state index contributed by atoms with van der Waals surface area (Å²) in [6.45, 7) is 3.87. The van der Waals surface area contributed by atoms with Crippen molar-refractivity contribution in [1.82, 2.24) is 4.57 Å². The van der Waals surface area contributed by atoms with Crippen LogP contribution in [-0.4, -0.2) is 17.7 Å². The highest BCUT2D eigenvalue weighted by Crippen LogP contribution is 2.30. The second kappa shape index (κ2) is 5.97. The molecule has 0 aliphatic carbocycles. The normalized spacial score (nSPS) is 25.9. The van der Waals surface area contributed by atoms with E-state index in [1.165, 1.54) is 17.0 Å². The Morgan fingerprint density at radius 3 is 2.83 bits per heavy atom. The van der Waals surface area contributed by atoms with Crippen LogP contribution in [0.4, 0.5) is 0 Å². The summed E-state index contributed by atoms with van der Waals surface area (Å²) in [6.07, 6.45) is 1.19. The van der Waals surface area contributed by atoms with Crippen LogP contribution in [0.25, 0.3) is 0 Å². The van der Waals surface area contributed by atoms with Gasteiger partial charge in [0.1, 0.15) is 6.54 Å². The average molecular weight is 350 g/mol. The first kappa shape index (κ1) is 15.3. The van der Waals surface area contributed by atoms with E-state index in [0.29, 0.717) is 21.9 Å². The van der Waals surface area contributed by atoms with Crippen molar-refractivity contribution in [2.75, 3.05) is 13.1 Å². The van der Waals surface area contributed by atoms with Gasteiger partial charge in [0, 0.05) is 35.7 Å². The minimum atomic E-state index is 0.138. The summed E-state index contributed by atoms with van der Waals surface area (Å²) in [5.74, 6) is 1.03. The van der Waals surface area contributed by atoms with E-state index >= 15 is 0 Å². The third-order valence-electron chi connectivity index (χ3n) is 5.14. The maximum Gasteiger partial charge on any atom is 0.250 e. The van der Waals surface area contributed by atoms with Crippen molar-refractivity contribution >= 4 is 23.2 Å². The predicted molar refractivity (Wildman–Crippen MR) is 92.4 cm³/mol. The smallest absolute Gasteiger partial charge is 0.250 e. The number of rotatable bonds is 2.